The number of thiol groups is 1. The zero-order chi connectivity index (χ0) is 10.9. The summed E-state index contributed by atoms with van der Waals surface area (Å²) in [6.07, 6.45) is 0. The van der Waals surface area contributed by atoms with Gasteiger partial charge in [-0.2, -0.15) is 0 Å². The van der Waals surface area contributed by atoms with Crippen molar-refractivity contribution in [3.8, 4) is 0 Å². The molecule has 2 N–H and O–H groups in total. The Morgan fingerprint density at radius 3 is 2.57 bits per heavy atom. The molecule has 2 unspecified atom stereocenters. The Bertz CT molecular complexity index is 269. The average Bonchev–Trinajstić information content (AvgIpc) is 2.48. The maximum atomic E-state index is 11.7. The smallest absolute Gasteiger partial charge is 0.321 e. The van der Waals surface area contributed by atoms with E-state index in [4.69, 9.17) is 5.11 Å². The fourth-order valence-corrected chi connectivity index (χ4v) is 3.06. The van der Waals surface area contributed by atoms with Gasteiger partial charge in [-0.25, -0.2) is 0 Å². The van der Waals surface area contributed by atoms with Crippen molar-refractivity contribution in [1.29, 1.82) is 0 Å². The number of Topliss-reactive ketones (excluding diaryl/α,β-unsaturated/α-hetero) is 1. The minimum Gasteiger partial charge on any atom is -0.480 e. The number of thioether (sulfide) groups is 1. The number of carboxylic acids is 1. The summed E-state index contributed by atoms with van der Waals surface area (Å²) in [5.41, 5.74) is 0. The highest BCUT2D eigenvalue weighted by Gasteiger charge is 2.45. The Kier molecular flexibility index (Phi) is 3.49. The van der Waals surface area contributed by atoms with Gasteiger partial charge < -0.3 is 5.11 Å². The number of nitrogens with one attached hydrogen (secondary N) is 1. The summed E-state index contributed by atoms with van der Waals surface area (Å²) in [5, 5.41) is 11.5. The Balaban J connectivity index is 2.71. The minimum absolute atomic E-state index is 0.0745. The van der Waals surface area contributed by atoms with Gasteiger partial charge in [0, 0.05) is 11.7 Å². The van der Waals surface area contributed by atoms with Crippen LogP contribution in [0.25, 0.3) is 0 Å². The second-order valence-electron chi connectivity index (χ2n) is 3.51. The second-order valence-corrected chi connectivity index (χ2v) is 5.72. The molecular formula is C8H13NO3S2. The number of carbonyl (C=O) groups is 2. The Labute approximate surface area is 92.2 Å². The SMILES string of the molecule is CC(C)C(=O)C1(S)NC(C(=O)O)CS1. The summed E-state index contributed by atoms with van der Waals surface area (Å²) in [7, 11) is 0. The van der Waals surface area contributed by atoms with Gasteiger partial charge in [0.25, 0.3) is 0 Å². The Hall–Kier alpha value is -0.200. The molecule has 1 aliphatic rings. The van der Waals surface area contributed by atoms with Crippen LogP contribution in [0.1, 0.15) is 13.8 Å². The first-order chi connectivity index (χ1) is 6.37. The molecule has 0 radical (unpaired) electrons. The van der Waals surface area contributed by atoms with Gasteiger partial charge in [-0.15, -0.1) is 24.4 Å². The third-order valence-corrected chi connectivity index (χ3v) is 3.96. The van der Waals surface area contributed by atoms with Crippen molar-refractivity contribution in [2.45, 2.75) is 24.1 Å². The molecule has 0 spiro atoms. The van der Waals surface area contributed by atoms with Gasteiger partial charge in [-0.05, 0) is 0 Å². The van der Waals surface area contributed by atoms with Crippen LogP contribution in [0.4, 0.5) is 0 Å². The van der Waals surface area contributed by atoms with Gasteiger partial charge >= 0.3 is 5.97 Å². The van der Waals surface area contributed by atoms with Gasteiger partial charge in [-0.1, -0.05) is 13.8 Å². The number of ketones is 1. The van der Waals surface area contributed by atoms with Crippen molar-refractivity contribution >= 4 is 36.1 Å². The monoisotopic (exact) mass is 235 g/mol. The van der Waals surface area contributed by atoms with E-state index >= 15 is 0 Å². The zero-order valence-electron chi connectivity index (χ0n) is 7.98. The first-order valence-electron chi connectivity index (χ1n) is 4.28. The summed E-state index contributed by atoms with van der Waals surface area (Å²) < 4.78 is -1.03. The van der Waals surface area contributed by atoms with Gasteiger partial charge in [0.2, 0.25) is 0 Å². The van der Waals surface area contributed by atoms with Crippen LogP contribution in [0.5, 0.6) is 0 Å². The summed E-state index contributed by atoms with van der Waals surface area (Å²) in [6, 6.07) is -0.680. The minimum atomic E-state index is -1.03. The highest BCUT2D eigenvalue weighted by molar-refractivity contribution is 8.13. The fraction of sp³-hybridized carbons (Fsp3) is 0.750. The average molecular weight is 235 g/mol. The predicted molar refractivity (Wildman–Crippen MR) is 58.6 cm³/mol. The number of hydrogen-bond acceptors (Lipinski definition) is 5. The molecule has 14 heavy (non-hydrogen) atoms. The van der Waals surface area contributed by atoms with E-state index < -0.39 is 16.2 Å². The van der Waals surface area contributed by atoms with Gasteiger partial charge in [0.1, 0.15) is 6.04 Å². The second kappa shape index (κ2) is 4.12. The molecule has 1 aliphatic heterocycles. The molecule has 4 nitrogen and oxygen atoms in total. The molecule has 80 valence electrons. The third-order valence-electron chi connectivity index (χ3n) is 1.99. The predicted octanol–water partition coefficient (Wildman–Crippen LogP) is 0.585. The summed E-state index contributed by atoms with van der Waals surface area (Å²) in [5.74, 6) is -0.795. The number of hydrogen-bond donors (Lipinski definition) is 3. The standard InChI is InChI=1S/C8H13NO3S2/c1-4(2)6(10)8(13)9-5(3-14-8)7(11)12/h4-5,9,13H,3H2,1-2H3,(H,11,12). The van der Waals surface area contributed by atoms with E-state index in [1.54, 1.807) is 13.8 Å². The molecule has 0 saturated carbocycles. The Morgan fingerprint density at radius 1 is 1.64 bits per heavy atom. The molecule has 0 aromatic heterocycles. The first kappa shape index (κ1) is 11.9. The molecule has 0 aliphatic carbocycles. The lowest BCUT2D eigenvalue weighted by atomic mass is 10.1. The topological polar surface area (TPSA) is 66.4 Å². The first-order valence-corrected chi connectivity index (χ1v) is 5.71. The molecule has 1 saturated heterocycles. The molecule has 0 aromatic carbocycles. The van der Waals surface area contributed by atoms with Crippen LogP contribution in [0, 0.1) is 5.92 Å². The number of carbonyl (C=O) groups excluding carboxylic acids is 1. The van der Waals surface area contributed by atoms with Gasteiger partial charge in [0.05, 0.1) is 0 Å². The molecule has 1 rings (SSSR count). The molecule has 6 heteroatoms. The lowest BCUT2D eigenvalue weighted by Gasteiger charge is -2.23. The number of carboxylic acid groups (broad SMARTS) is 1. The van der Waals surface area contributed by atoms with E-state index in [-0.39, 0.29) is 11.7 Å². The lowest BCUT2D eigenvalue weighted by Crippen LogP contribution is -2.48. The summed E-state index contributed by atoms with van der Waals surface area (Å²) in [6.45, 7) is 3.55. The fourth-order valence-electron chi connectivity index (χ4n) is 1.19. The van der Waals surface area contributed by atoms with Crippen molar-refractivity contribution < 1.29 is 14.7 Å². The molecular weight excluding hydrogens is 222 g/mol. The number of rotatable bonds is 3. The van der Waals surface area contributed by atoms with Crippen LogP contribution in [0.15, 0.2) is 0 Å². The molecule has 0 amide bonds. The summed E-state index contributed by atoms with van der Waals surface area (Å²) >= 11 is 5.45. The number of aliphatic carboxylic acids is 1. The van der Waals surface area contributed by atoms with Crippen molar-refractivity contribution in [1.82, 2.24) is 5.32 Å². The molecule has 0 bridgehead atoms. The molecule has 2 atom stereocenters. The zero-order valence-corrected chi connectivity index (χ0v) is 9.69. The van der Waals surface area contributed by atoms with Crippen LogP contribution in [0.3, 0.4) is 0 Å². The largest absolute Gasteiger partial charge is 0.480 e. The highest BCUT2D eigenvalue weighted by atomic mass is 32.2. The van der Waals surface area contributed by atoms with E-state index in [9.17, 15) is 9.59 Å². The van der Waals surface area contributed by atoms with E-state index in [1.807, 2.05) is 0 Å². The van der Waals surface area contributed by atoms with Crippen LogP contribution in [-0.4, -0.2) is 32.9 Å². The quantitative estimate of drug-likeness (QED) is 0.625. The third kappa shape index (κ3) is 2.24. The van der Waals surface area contributed by atoms with Crippen molar-refractivity contribution in [2.75, 3.05) is 5.75 Å². The van der Waals surface area contributed by atoms with E-state index in [0.29, 0.717) is 5.75 Å². The lowest BCUT2D eigenvalue weighted by molar-refractivity contribution is -0.138. The van der Waals surface area contributed by atoms with E-state index in [1.165, 1.54) is 11.8 Å². The molecule has 0 aromatic rings. The maximum Gasteiger partial charge on any atom is 0.321 e. The summed E-state index contributed by atoms with van der Waals surface area (Å²) in [4.78, 5) is 22.3. The van der Waals surface area contributed by atoms with Crippen molar-refractivity contribution in [3.63, 3.8) is 0 Å². The van der Waals surface area contributed by atoms with Crippen LogP contribution >= 0.6 is 24.4 Å². The van der Waals surface area contributed by atoms with Gasteiger partial charge in [-0.3, -0.25) is 14.9 Å². The normalized spacial score (nSPS) is 32.1. The maximum absolute atomic E-state index is 11.7. The van der Waals surface area contributed by atoms with E-state index in [2.05, 4.69) is 17.9 Å². The van der Waals surface area contributed by atoms with Crippen LogP contribution < -0.4 is 5.32 Å². The molecule has 1 heterocycles. The Morgan fingerprint density at radius 2 is 2.21 bits per heavy atom. The highest BCUT2D eigenvalue weighted by Crippen LogP contribution is 2.36. The van der Waals surface area contributed by atoms with Gasteiger partial charge in [0.15, 0.2) is 9.99 Å². The van der Waals surface area contributed by atoms with Crippen molar-refractivity contribution in [2.24, 2.45) is 5.92 Å². The van der Waals surface area contributed by atoms with E-state index in [0.717, 1.165) is 0 Å². The van der Waals surface area contributed by atoms with Crippen LogP contribution in [-0.2, 0) is 9.59 Å². The molecule has 1 fully saturated rings. The van der Waals surface area contributed by atoms with Crippen LogP contribution in [0.2, 0.25) is 0 Å². The van der Waals surface area contributed by atoms with Crippen molar-refractivity contribution in [3.05, 3.63) is 0 Å².